The molecule has 0 atom stereocenters. The summed E-state index contributed by atoms with van der Waals surface area (Å²) >= 11 is 0. The molecule has 0 saturated heterocycles. The fourth-order valence-electron chi connectivity index (χ4n) is 2.27. The minimum Gasteiger partial charge on any atom is -0.488 e. The highest BCUT2D eigenvalue weighted by Crippen LogP contribution is 2.29. The number of hydrogen-bond donors (Lipinski definition) is 1. The highest BCUT2D eigenvalue weighted by Gasteiger charge is 2.25. The van der Waals surface area contributed by atoms with E-state index in [-0.39, 0.29) is 11.7 Å². The van der Waals surface area contributed by atoms with Crippen molar-refractivity contribution in [2.45, 2.75) is 27.2 Å². The Morgan fingerprint density at radius 1 is 1.36 bits per heavy atom. The Hall–Kier alpha value is -2.89. The number of hydrogen-bond acceptors (Lipinski definition) is 4. The maximum atomic E-state index is 12.5. The second-order valence-electron chi connectivity index (χ2n) is 5.68. The van der Waals surface area contributed by atoms with Crippen molar-refractivity contribution < 1.29 is 14.3 Å². The number of aromatic nitrogens is 1. The number of carbonyl (C=O) groups excluding carboxylic acids is 2. The van der Waals surface area contributed by atoms with E-state index in [0.29, 0.717) is 36.7 Å². The molecule has 1 aromatic heterocycles. The summed E-state index contributed by atoms with van der Waals surface area (Å²) in [5.41, 5.74) is 2.08. The lowest BCUT2D eigenvalue weighted by atomic mass is 10.2. The molecule has 6 nitrogen and oxygen atoms in total. The maximum absolute atomic E-state index is 12.5. The lowest BCUT2D eigenvalue weighted by Crippen LogP contribution is -2.44. The van der Waals surface area contributed by atoms with Crippen molar-refractivity contribution in [2.75, 3.05) is 18.1 Å². The van der Waals surface area contributed by atoms with E-state index in [9.17, 15) is 9.59 Å². The molecule has 0 aliphatic carbocycles. The Balaban J connectivity index is 2.12. The van der Waals surface area contributed by atoms with Crippen LogP contribution in [0.15, 0.2) is 47.7 Å². The number of nitrogens with zero attached hydrogens (tertiary/aromatic N) is 2. The summed E-state index contributed by atoms with van der Waals surface area (Å²) in [6.45, 7) is 6.65. The summed E-state index contributed by atoms with van der Waals surface area (Å²) in [6, 6.07) is 2.92. The van der Waals surface area contributed by atoms with E-state index >= 15 is 0 Å². The molecule has 1 aromatic rings. The Morgan fingerprint density at radius 3 is 2.88 bits per heavy atom. The first-order valence-electron chi connectivity index (χ1n) is 8.24. The number of nitrogens with one attached hydrogen (secondary N) is 1. The standard InChI is InChI=1S/C19H23N3O3/c1-4-5-6-14(2)7-8-15(3)20-19(24)22-11-12-25-17-10-9-16(13-23)21-18(17)22/h5-10,13H,4,11-12H2,1-3H3,(H,20,24)/b6-5+,14-7-,15-8+. The van der Waals surface area contributed by atoms with Crippen LogP contribution in [0.4, 0.5) is 10.6 Å². The van der Waals surface area contributed by atoms with Gasteiger partial charge in [-0.05, 0) is 38.5 Å². The van der Waals surface area contributed by atoms with Crippen molar-refractivity contribution >= 4 is 18.1 Å². The molecule has 1 aliphatic rings. The minimum absolute atomic E-state index is 0.260. The van der Waals surface area contributed by atoms with Gasteiger partial charge in [-0.1, -0.05) is 30.7 Å². The minimum atomic E-state index is -0.302. The lowest BCUT2D eigenvalue weighted by Gasteiger charge is -2.28. The van der Waals surface area contributed by atoms with Gasteiger partial charge in [-0.15, -0.1) is 0 Å². The number of allylic oxidation sites excluding steroid dienone is 6. The third-order valence-electron chi connectivity index (χ3n) is 3.57. The molecular formula is C19H23N3O3. The second kappa shape index (κ2) is 8.82. The summed E-state index contributed by atoms with van der Waals surface area (Å²) in [5, 5.41) is 2.83. The van der Waals surface area contributed by atoms with E-state index in [1.165, 1.54) is 4.90 Å². The summed E-state index contributed by atoms with van der Waals surface area (Å²) in [5.74, 6) is 0.854. The third kappa shape index (κ3) is 5.04. The number of rotatable bonds is 5. The van der Waals surface area contributed by atoms with Crippen LogP contribution in [0.25, 0.3) is 0 Å². The fourth-order valence-corrected chi connectivity index (χ4v) is 2.27. The molecule has 132 valence electrons. The zero-order valence-corrected chi connectivity index (χ0v) is 14.8. The van der Waals surface area contributed by atoms with Gasteiger partial charge in [0.25, 0.3) is 0 Å². The fraction of sp³-hybridized carbons (Fsp3) is 0.316. The highest BCUT2D eigenvalue weighted by atomic mass is 16.5. The van der Waals surface area contributed by atoms with Crippen LogP contribution in [0.5, 0.6) is 5.75 Å². The van der Waals surface area contributed by atoms with Crippen LogP contribution in [0.3, 0.4) is 0 Å². The van der Waals surface area contributed by atoms with Gasteiger partial charge in [-0.3, -0.25) is 9.69 Å². The number of fused-ring (bicyclic) bond motifs is 1. The molecule has 2 amide bonds. The van der Waals surface area contributed by atoms with Crippen LogP contribution in [0, 0.1) is 0 Å². The molecule has 0 bridgehead atoms. The van der Waals surface area contributed by atoms with Crippen molar-refractivity contribution in [2.24, 2.45) is 0 Å². The van der Waals surface area contributed by atoms with Crippen LogP contribution in [-0.2, 0) is 0 Å². The largest absolute Gasteiger partial charge is 0.488 e. The van der Waals surface area contributed by atoms with Gasteiger partial charge in [-0.2, -0.15) is 0 Å². The molecular weight excluding hydrogens is 318 g/mol. The molecule has 0 spiro atoms. The van der Waals surface area contributed by atoms with Crippen molar-refractivity contribution in [3.63, 3.8) is 0 Å². The Bertz CT molecular complexity index is 735. The second-order valence-corrected chi connectivity index (χ2v) is 5.68. The topological polar surface area (TPSA) is 71.5 Å². The van der Waals surface area contributed by atoms with Crippen LogP contribution in [0.2, 0.25) is 0 Å². The van der Waals surface area contributed by atoms with Gasteiger partial charge in [-0.25, -0.2) is 9.78 Å². The predicted octanol–water partition coefficient (Wildman–Crippen LogP) is 3.62. The Kier molecular flexibility index (Phi) is 6.51. The van der Waals surface area contributed by atoms with E-state index in [1.54, 1.807) is 12.1 Å². The summed E-state index contributed by atoms with van der Waals surface area (Å²) in [6.07, 6.45) is 9.54. The maximum Gasteiger partial charge on any atom is 0.327 e. The van der Waals surface area contributed by atoms with Gasteiger partial charge in [0.15, 0.2) is 17.9 Å². The van der Waals surface area contributed by atoms with Crippen molar-refractivity contribution in [3.05, 3.63) is 53.4 Å². The van der Waals surface area contributed by atoms with Gasteiger partial charge in [0.05, 0.1) is 6.54 Å². The van der Waals surface area contributed by atoms with Gasteiger partial charge in [0, 0.05) is 5.70 Å². The number of carbonyl (C=O) groups is 2. The molecule has 6 heteroatoms. The zero-order chi connectivity index (χ0) is 18.2. The molecule has 2 rings (SSSR count). The van der Waals surface area contributed by atoms with Gasteiger partial charge < -0.3 is 10.1 Å². The molecule has 0 aromatic carbocycles. The average Bonchev–Trinajstić information content (AvgIpc) is 2.63. The van der Waals surface area contributed by atoms with E-state index in [4.69, 9.17) is 4.74 Å². The van der Waals surface area contributed by atoms with Crippen molar-refractivity contribution in [3.8, 4) is 5.75 Å². The monoisotopic (exact) mass is 341 g/mol. The SMILES string of the molecule is CC/C=C/C(C)=C\C=C(/C)NC(=O)N1CCOc2ccc(C=O)nc21. The molecule has 0 saturated carbocycles. The first kappa shape index (κ1) is 18.4. The highest BCUT2D eigenvalue weighted by molar-refractivity contribution is 5.94. The molecule has 0 unspecified atom stereocenters. The summed E-state index contributed by atoms with van der Waals surface area (Å²) < 4.78 is 5.49. The lowest BCUT2D eigenvalue weighted by molar-refractivity contribution is 0.111. The van der Waals surface area contributed by atoms with Crippen molar-refractivity contribution in [1.29, 1.82) is 0 Å². The smallest absolute Gasteiger partial charge is 0.327 e. The molecule has 0 radical (unpaired) electrons. The average molecular weight is 341 g/mol. The molecule has 1 N–H and O–H groups in total. The molecule has 25 heavy (non-hydrogen) atoms. The number of ether oxygens (including phenoxy) is 1. The van der Waals surface area contributed by atoms with E-state index in [2.05, 4.69) is 23.3 Å². The van der Waals surface area contributed by atoms with E-state index in [0.717, 1.165) is 12.0 Å². The van der Waals surface area contributed by atoms with Gasteiger partial charge in [0.2, 0.25) is 0 Å². The molecule has 0 fully saturated rings. The predicted molar refractivity (Wildman–Crippen MR) is 97.9 cm³/mol. The van der Waals surface area contributed by atoms with Crippen LogP contribution < -0.4 is 15.0 Å². The first-order chi connectivity index (χ1) is 12.0. The zero-order valence-electron chi connectivity index (χ0n) is 14.8. The van der Waals surface area contributed by atoms with Gasteiger partial charge in [0.1, 0.15) is 12.3 Å². The Labute approximate surface area is 147 Å². The number of anilines is 1. The Morgan fingerprint density at radius 2 is 2.16 bits per heavy atom. The first-order valence-corrected chi connectivity index (χ1v) is 8.24. The third-order valence-corrected chi connectivity index (χ3v) is 3.57. The van der Waals surface area contributed by atoms with E-state index in [1.807, 2.05) is 32.1 Å². The molecule has 2 heterocycles. The quantitative estimate of drug-likeness (QED) is 0.656. The number of pyridine rings is 1. The molecule has 1 aliphatic heterocycles. The van der Waals surface area contributed by atoms with Crippen LogP contribution in [0.1, 0.15) is 37.7 Å². The summed E-state index contributed by atoms with van der Waals surface area (Å²) in [7, 11) is 0. The van der Waals surface area contributed by atoms with Crippen molar-refractivity contribution in [1.82, 2.24) is 10.3 Å². The van der Waals surface area contributed by atoms with Crippen LogP contribution in [-0.4, -0.2) is 30.5 Å². The number of aldehydes is 1. The van der Waals surface area contributed by atoms with Crippen LogP contribution >= 0.6 is 0 Å². The normalized spacial score (nSPS) is 14.9. The summed E-state index contributed by atoms with van der Waals surface area (Å²) in [4.78, 5) is 29.1. The number of urea groups is 1. The number of amides is 2. The van der Waals surface area contributed by atoms with Gasteiger partial charge >= 0.3 is 6.03 Å². The van der Waals surface area contributed by atoms with E-state index < -0.39 is 0 Å².